The van der Waals surface area contributed by atoms with E-state index in [0.717, 1.165) is 3.97 Å². The van der Waals surface area contributed by atoms with E-state index in [0.29, 0.717) is 15.4 Å². The third-order valence-corrected chi connectivity index (χ3v) is 6.13. The van der Waals surface area contributed by atoms with Gasteiger partial charge in [-0.2, -0.15) is 0 Å². The molecule has 0 N–H and O–H groups in total. The number of nitrogens with zero attached hydrogens (tertiary/aromatic N) is 2. The standard InChI is InChI=1S/C18H17BrN2O5S/c1-3-26-18(22)15-9-13-14(19)10-20-17(25-2)16(13)21(15)27(23,24)11-12-7-5-4-6-8-12/h4-10H,3,11H2,1-2H3. The maximum Gasteiger partial charge on any atom is 0.356 e. The molecule has 0 atom stereocenters. The van der Waals surface area contributed by atoms with E-state index in [-0.39, 0.29) is 29.5 Å². The molecular weight excluding hydrogens is 436 g/mol. The van der Waals surface area contributed by atoms with Crippen LogP contribution in [0.4, 0.5) is 0 Å². The van der Waals surface area contributed by atoms with Crippen molar-refractivity contribution >= 4 is 42.8 Å². The number of pyridine rings is 1. The summed E-state index contributed by atoms with van der Waals surface area (Å²) in [5, 5.41) is 0.488. The summed E-state index contributed by atoms with van der Waals surface area (Å²) >= 11 is 3.35. The van der Waals surface area contributed by atoms with Crippen LogP contribution in [0.2, 0.25) is 0 Å². The second-order valence-electron chi connectivity index (χ2n) is 5.63. The Morgan fingerprint density at radius 2 is 1.96 bits per heavy atom. The van der Waals surface area contributed by atoms with Crippen LogP contribution in [0.3, 0.4) is 0 Å². The molecule has 0 fully saturated rings. The van der Waals surface area contributed by atoms with Gasteiger partial charge >= 0.3 is 5.97 Å². The molecule has 0 saturated heterocycles. The SMILES string of the molecule is CCOC(=O)c1cc2c(Br)cnc(OC)c2n1S(=O)(=O)Cc1ccccc1. The topological polar surface area (TPSA) is 87.5 Å². The first-order valence-corrected chi connectivity index (χ1v) is 10.5. The monoisotopic (exact) mass is 452 g/mol. The minimum Gasteiger partial charge on any atom is -0.479 e. The number of carbonyl (C=O) groups excluding carboxylic acids is 1. The van der Waals surface area contributed by atoms with Crippen molar-refractivity contribution in [3.8, 4) is 5.88 Å². The van der Waals surface area contributed by atoms with Crippen molar-refractivity contribution < 1.29 is 22.7 Å². The molecule has 0 bridgehead atoms. The normalized spacial score (nSPS) is 11.5. The lowest BCUT2D eigenvalue weighted by Crippen LogP contribution is -2.21. The first-order chi connectivity index (χ1) is 12.9. The van der Waals surface area contributed by atoms with Gasteiger partial charge in [0.15, 0.2) is 0 Å². The molecule has 2 heterocycles. The third kappa shape index (κ3) is 3.70. The summed E-state index contributed by atoms with van der Waals surface area (Å²) in [5.74, 6) is -0.931. The smallest absolute Gasteiger partial charge is 0.356 e. The molecule has 1 aromatic carbocycles. The number of halogens is 1. The van der Waals surface area contributed by atoms with Crippen molar-refractivity contribution in [2.45, 2.75) is 12.7 Å². The number of hydrogen-bond donors (Lipinski definition) is 0. The minimum atomic E-state index is -3.96. The van der Waals surface area contributed by atoms with Gasteiger partial charge in [0.25, 0.3) is 0 Å². The second-order valence-corrected chi connectivity index (χ2v) is 8.31. The fourth-order valence-electron chi connectivity index (χ4n) is 2.76. The Hall–Kier alpha value is -2.39. The highest BCUT2D eigenvalue weighted by Gasteiger charge is 2.29. The molecule has 2 aromatic heterocycles. The van der Waals surface area contributed by atoms with Crippen molar-refractivity contribution in [3.05, 3.63) is 58.3 Å². The van der Waals surface area contributed by atoms with E-state index < -0.39 is 16.0 Å². The molecule has 27 heavy (non-hydrogen) atoms. The zero-order chi connectivity index (χ0) is 19.6. The lowest BCUT2D eigenvalue weighted by atomic mass is 10.2. The molecule has 0 spiro atoms. The van der Waals surface area contributed by atoms with Crippen LogP contribution in [-0.4, -0.2) is 37.1 Å². The molecule has 0 amide bonds. The second kappa shape index (κ2) is 7.69. The first kappa shape index (κ1) is 19.4. The van der Waals surface area contributed by atoms with Crippen LogP contribution in [0.25, 0.3) is 10.9 Å². The Balaban J connectivity index is 2.29. The van der Waals surface area contributed by atoms with E-state index in [9.17, 15) is 13.2 Å². The zero-order valence-electron chi connectivity index (χ0n) is 14.7. The number of aromatic nitrogens is 2. The summed E-state index contributed by atoms with van der Waals surface area (Å²) < 4.78 is 38.3. The van der Waals surface area contributed by atoms with Crippen molar-refractivity contribution in [2.75, 3.05) is 13.7 Å². The van der Waals surface area contributed by atoms with Gasteiger partial charge in [-0.25, -0.2) is 22.2 Å². The Morgan fingerprint density at radius 1 is 1.26 bits per heavy atom. The fraction of sp³-hybridized carbons (Fsp3) is 0.222. The summed E-state index contributed by atoms with van der Waals surface area (Å²) in [6.45, 7) is 1.77. The van der Waals surface area contributed by atoms with Gasteiger partial charge in [-0.3, -0.25) is 0 Å². The quantitative estimate of drug-likeness (QED) is 0.532. The van der Waals surface area contributed by atoms with Crippen molar-refractivity contribution in [1.82, 2.24) is 8.96 Å². The zero-order valence-corrected chi connectivity index (χ0v) is 17.1. The lowest BCUT2D eigenvalue weighted by molar-refractivity contribution is 0.0518. The highest BCUT2D eigenvalue weighted by atomic mass is 79.9. The van der Waals surface area contributed by atoms with Gasteiger partial charge in [-0.05, 0) is 34.5 Å². The van der Waals surface area contributed by atoms with Crippen LogP contribution >= 0.6 is 15.9 Å². The van der Waals surface area contributed by atoms with Crippen molar-refractivity contribution in [1.29, 1.82) is 0 Å². The molecular formula is C18H17BrN2O5S. The molecule has 3 rings (SSSR count). The highest BCUT2D eigenvalue weighted by Crippen LogP contribution is 2.34. The van der Waals surface area contributed by atoms with E-state index in [4.69, 9.17) is 9.47 Å². The molecule has 3 aromatic rings. The third-order valence-electron chi connectivity index (χ3n) is 3.86. The Bertz CT molecular complexity index is 1090. The first-order valence-electron chi connectivity index (χ1n) is 8.07. The molecule has 0 aliphatic heterocycles. The number of methoxy groups -OCH3 is 1. The molecule has 0 aliphatic rings. The summed E-state index contributed by atoms with van der Waals surface area (Å²) in [6.07, 6.45) is 1.49. The van der Waals surface area contributed by atoms with E-state index in [1.165, 1.54) is 19.4 Å². The van der Waals surface area contributed by atoms with Crippen molar-refractivity contribution in [2.24, 2.45) is 0 Å². The maximum atomic E-state index is 13.2. The van der Waals surface area contributed by atoms with E-state index >= 15 is 0 Å². The largest absolute Gasteiger partial charge is 0.479 e. The van der Waals surface area contributed by atoms with Gasteiger partial charge in [-0.15, -0.1) is 0 Å². The molecule has 0 saturated carbocycles. The van der Waals surface area contributed by atoms with Gasteiger partial charge in [-0.1, -0.05) is 30.3 Å². The predicted molar refractivity (Wildman–Crippen MR) is 104 cm³/mol. The lowest BCUT2D eigenvalue weighted by Gasteiger charge is -2.13. The Morgan fingerprint density at radius 3 is 2.59 bits per heavy atom. The summed E-state index contributed by atoms with van der Waals surface area (Å²) in [7, 11) is -2.58. The molecule has 9 heteroatoms. The predicted octanol–water partition coefficient (Wildman–Crippen LogP) is 3.36. The maximum absolute atomic E-state index is 13.2. The number of esters is 1. The molecule has 142 valence electrons. The molecule has 0 radical (unpaired) electrons. The van der Waals surface area contributed by atoms with Gasteiger partial charge in [0, 0.05) is 16.1 Å². The summed E-state index contributed by atoms with van der Waals surface area (Å²) in [4.78, 5) is 16.6. The van der Waals surface area contributed by atoms with E-state index in [2.05, 4.69) is 20.9 Å². The molecule has 0 unspecified atom stereocenters. The number of fused-ring (bicyclic) bond motifs is 1. The number of rotatable bonds is 6. The van der Waals surface area contributed by atoms with Gasteiger partial charge < -0.3 is 9.47 Å². The van der Waals surface area contributed by atoms with Crippen LogP contribution in [0.5, 0.6) is 5.88 Å². The number of hydrogen-bond acceptors (Lipinski definition) is 6. The Kier molecular flexibility index (Phi) is 5.52. The summed E-state index contributed by atoms with van der Waals surface area (Å²) in [5.41, 5.74) is 0.678. The van der Waals surface area contributed by atoms with Crippen LogP contribution in [0.1, 0.15) is 23.0 Å². The van der Waals surface area contributed by atoms with Gasteiger partial charge in [0.1, 0.15) is 11.2 Å². The number of carbonyl (C=O) groups is 1. The summed E-state index contributed by atoms with van der Waals surface area (Å²) in [6, 6.07) is 10.2. The van der Waals surface area contributed by atoms with Gasteiger partial charge in [0.05, 0.1) is 19.5 Å². The molecule has 7 nitrogen and oxygen atoms in total. The van der Waals surface area contributed by atoms with Crippen LogP contribution < -0.4 is 4.74 Å². The average Bonchev–Trinajstić information content (AvgIpc) is 3.05. The minimum absolute atomic E-state index is 0.0976. The average molecular weight is 453 g/mol. The van der Waals surface area contributed by atoms with E-state index in [1.807, 2.05) is 0 Å². The van der Waals surface area contributed by atoms with Crippen LogP contribution in [0, 0.1) is 0 Å². The highest BCUT2D eigenvalue weighted by molar-refractivity contribution is 9.10. The van der Waals surface area contributed by atoms with Crippen LogP contribution in [-0.2, 0) is 20.5 Å². The number of benzene rings is 1. The molecule has 0 aliphatic carbocycles. The van der Waals surface area contributed by atoms with Gasteiger partial charge in [0.2, 0.25) is 15.9 Å². The fourth-order valence-corrected chi connectivity index (χ4v) is 4.79. The number of ether oxygens (including phenoxy) is 2. The Labute approximate surface area is 165 Å². The van der Waals surface area contributed by atoms with Crippen molar-refractivity contribution in [3.63, 3.8) is 0 Å². The van der Waals surface area contributed by atoms with E-state index in [1.54, 1.807) is 37.3 Å². The van der Waals surface area contributed by atoms with Crippen LogP contribution in [0.15, 0.2) is 47.1 Å².